The van der Waals surface area contributed by atoms with Crippen molar-refractivity contribution in [2.45, 2.75) is 39.3 Å². The molecule has 0 aliphatic rings. The van der Waals surface area contributed by atoms with E-state index in [0.717, 1.165) is 6.04 Å². The smallest absolute Gasteiger partial charge is 0.280 e. The molecule has 0 aliphatic heterocycles. The Morgan fingerprint density at radius 1 is 1.17 bits per heavy atom. The molecule has 0 spiro atoms. The van der Waals surface area contributed by atoms with Gasteiger partial charge < -0.3 is 14.9 Å². The van der Waals surface area contributed by atoms with Crippen LogP contribution >= 0.6 is 0 Å². The second-order valence-electron chi connectivity index (χ2n) is 3.21. The van der Waals surface area contributed by atoms with Crippen molar-refractivity contribution in [2.75, 3.05) is 14.1 Å². The van der Waals surface area contributed by atoms with Crippen molar-refractivity contribution < 1.29 is 0 Å². The minimum atomic E-state index is -1.55. The largest absolute Gasteiger partial charge is 0.316 e. The van der Waals surface area contributed by atoms with Crippen molar-refractivity contribution in [3.63, 3.8) is 0 Å². The van der Waals surface area contributed by atoms with Gasteiger partial charge in [0.15, 0.2) is 0 Å². The summed E-state index contributed by atoms with van der Waals surface area (Å²) >= 11 is 0. The van der Waals surface area contributed by atoms with Gasteiger partial charge in [-0.3, -0.25) is 0 Å². The summed E-state index contributed by atoms with van der Waals surface area (Å²) in [4.78, 5) is 10.4. The van der Waals surface area contributed by atoms with Crippen LogP contribution in [0.5, 0.6) is 0 Å². The Labute approximate surface area is 77.6 Å². The first-order valence-corrected chi connectivity index (χ1v) is 7.00. The van der Waals surface area contributed by atoms with E-state index in [0.29, 0.717) is 6.04 Å². The first-order chi connectivity index (χ1) is 5.64. The Kier molecular flexibility index (Phi) is 5.74. The second-order valence-corrected chi connectivity index (χ2v) is 7.02. The molecular weight excluding hydrogens is 166 g/mol. The second kappa shape index (κ2) is 5.69. The van der Waals surface area contributed by atoms with E-state index in [1.807, 2.05) is 14.1 Å². The third-order valence-corrected chi connectivity index (χ3v) is 6.24. The van der Waals surface area contributed by atoms with Gasteiger partial charge in [-0.15, -0.1) is 0 Å². The Hall–Kier alpha value is 0.0969. The summed E-state index contributed by atoms with van der Waals surface area (Å²) in [6.07, 6.45) is 1.18. The summed E-state index contributed by atoms with van der Waals surface area (Å²) in [5, 5.41) is 0. The summed E-state index contributed by atoms with van der Waals surface area (Å²) < 4.78 is 0. The molecule has 74 valence electrons. The zero-order valence-corrected chi connectivity index (χ0v) is 9.99. The van der Waals surface area contributed by atoms with Crippen LogP contribution in [-0.2, 0) is 0 Å². The number of nitrogens with one attached hydrogen (secondary N) is 3. The molecule has 0 radical (unpaired) electrons. The zero-order chi connectivity index (χ0) is 9.61. The average molecular weight is 189 g/mol. The fraction of sp³-hybridized carbons (Fsp3) is 1.00. The van der Waals surface area contributed by atoms with E-state index in [4.69, 9.17) is 0 Å². The number of rotatable bonds is 6. The average Bonchev–Trinajstić information content (AvgIpc) is 2.14. The van der Waals surface area contributed by atoms with Gasteiger partial charge in [-0.1, -0.05) is 20.8 Å². The van der Waals surface area contributed by atoms with E-state index in [1.165, 1.54) is 6.42 Å². The lowest BCUT2D eigenvalue weighted by Gasteiger charge is -2.32. The quantitative estimate of drug-likeness (QED) is 0.540. The lowest BCUT2D eigenvalue weighted by molar-refractivity contribution is 0.618. The van der Waals surface area contributed by atoms with Crippen LogP contribution in [0, 0.1) is 0 Å². The lowest BCUT2D eigenvalue weighted by atomic mass is 10.3. The van der Waals surface area contributed by atoms with Crippen molar-refractivity contribution in [1.29, 1.82) is 0 Å². The molecule has 0 aromatic carbocycles. The molecule has 0 aliphatic carbocycles. The lowest BCUT2D eigenvalue weighted by Crippen LogP contribution is -2.71. The van der Waals surface area contributed by atoms with Crippen LogP contribution in [0.25, 0.3) is 0 Å². The summed E-state index contributed by atoms with van der Waals surface area (Å²) in [6, 6.07) is 1.75. The first-order valence-electron chi connectivity index (χ1n) is 4.79. The highest BCUT2D eigenvalue weighted by Gasteiger charge is 2.29. The van der Waals surface area contributed by atoms with Gasteiger partial charge in [-0.05, 0) is 32.6 Å². The molecule has 12 heavy (non-hydrogen) atoms. The predicted molar refractivity (Wildman–Crippen MR) is 57.2 cm³/mol. The van der Waals surface area contributed by atoms with Crippen LogP contribution in [0.1, 0.15) is 27.2 Å². The van der Waals surface area contributed by atoms with E-state index >= 15 is 0 Å². The molecule has 0 bridgehead atoms. The van der Waals surface area contributed by atoms with Crippen LogP contribution in [0.4, 0.5) is 0 Å². The molecule has 0 rings (SSSR count). The topological polar surface area (TPSA) is 36.1 Å². The number of hydrogen-bond acceptors (Lipinski definition) is 3. The van der Waals surface area contributed by atoms with Gasteiger partial charge in [-0.25, -0.2) is 0 Å². The van der Waals surface area contributed by atoms with Gasteiger partial charge in [0.2, 0.25) is 0 Å². The standard InChI is InChI=1S/C8H23N3Si/c1-6-8(3)11-12(7-2,9-4)10-5/h8-11H,6-7H2,1-5H3. The molecular formula is C8H23N3Si. The van der Waals surface area contributed by atoms with Gasteiger partial charge in [-0.2, -0.15) is 0 Å². The van der Waals surface area contributed by atoms with E-state index in [9.17, 15) is 0 Å². The Morgan fingerprint density at radius 2 is 1.67 bits per heavy atom. The highest BCUT2D eigenvalue weighted by atomic mass is 28.4. The van der Waals surface area contributed by atoms with E-state index in [-0.39, 0.29) is 0 Å². The maximum Gasteiger partial charge on any atom is 0.280 e. The molecule has 0 saturated heterocycles. The summed E-state index contributed by atoms with van der Waals surface area (Å²) in [6.45, 7) is 6.65. The van der Waals surface area contributed by atoms with Crippen LogP contribution < -0.4 is 14.9 Å². The van der Waals surface area contributed by atoms with E-state index in [2.05, 4.69) is 35.7 Å². The van der Waals surface area contributed by atoms with Crippen LogP contribution in [0.2, 0.25) is 6.04 Å². The maximum atomic E-state index is 3.65. The fourth-order valence-corrected chi connectivity index (χ4v) is 3.74. The van der Waals surface area contributed by atoms with E-state index in [1.54, 1.807) is 0 Å². The van der Waals surface area contributed by atoms with Crippen molar-refractivity contribution in [3.05, 3.63) is 0 Å². The van der Waals surface area contributed by atoms with Crippen molar-refractivity contribution in [2.24, 2.45) is 0 Å². The Balaban J connectivity index is 4.09. The molecule has 0 aromatic rings. The van der Waals surface area contributed by atoms with Crippen molar-refractivity contribution in [3.8, 4) is 0 Å². The Bertz CT molecular complexity index is 107. The molecule has 0 saturated carbocycles. The molecule has 3 nitrogen and oxygen atoms in total. The highest BCUT2D eigenvalue weighted by molar-refractivity contribution is 6.72. The Morgan fingerprint density at radius 3 is 1.92 bits per heavy atom. The molecule has 0 amide bonds. The van der Waals surface area contributed by atoms with Crippen LogP contribution in [0.15, 0.2) is 0 Å². The molecule has 3 N–H and O–H groups in total. The molecule has 0 heterocycles. The van der Waals surface area contributed by atoms with Gasteiger partial charge >= 0.3 is 0 Å². The molecule has 4 heteroatoms. The first kappa shape index (κ1) is 12.1. The van der Waals surface area contributed by atoms with Crippen molar-refractivity contribution >= 4 is 8.56 Å². The molecule has 0 aromatic heterocycles. The van der Waals surface area contributed by atoms with Crippen molar-refractivity contribution in [1.82, 2.24) is 14.9 Å². The molecule has 1 atom stereocenters. The minimum absolute atomic E-state index is 0.594. The van der Waals surface area contributed by atoms with Gasteiger partial charge in [0, 0.05) is 0 Å². The van der Waals surface area contributed by atoms with Gasteiger partial charge in [0.05, 0.1) is 0 Å². The van der Waals surface area contributed by atoms with E-state index < -0.39 is 8.56 Å². The summed E-state index contributed by atoms with van der Waals surface area (Å²) in [7, 11) is 2.51. The normalized spacial score (nSPS) is 14.8. The predicted octanol–water partition coefficient (Wildman–Crippen LogP) is 0.772. The monoisotopic (exact) mass is 189 g/mol. The third-order valence-electron chi connectivity index (χ3n) is 2.49. The summed E-state index contributed by atoms with van der Waals surface area (Å²) in [5.41, 5.74) is 0. The van der Waals surface area contributed by atoms with Crippen LogP contribution in [0.3, 0.4) is 0 Å². The maximum absolute atomic E-state index is 3.65. The van der Waals surface area contributed by atoms with Gasteiger partial charge in [0.25, 0.3) is 8.56 Å². The zero-order valence-electron chi connectivity index (χ0n) is 8.99. The third kappa shape index (κ3) is 3.22. The van der Waals surface area contributed by atoms with Gasteiger partial charge in [0.1, 0.15) is 0 Å². The molecule has 1 unspecified atom stereocenters. The number of hydrogen-bond donors (Lipinski definition) is 3. The minimum Gasteiger partial charge on any atom is -0.316 e. The summed E-state index contributed by atoms with van der Waals surface area (Å²) in [5.74, 6) is 0. The molecule has 0 fully saturated rings. The fourth-order valence-electron chi connectivity index (χ4n) is 1.25. The van der Waals surface area contributed by atoms with Crippen LogP contribution in [-0.4, -0.2) is 28.7 Å². The highest BCUT2D eigenvalue weighted by Crippen LogP contribution is 1.99. The SMILES string of the molecule is CCC(C)N[Si](CC)(NC)NC.